The van der Waals surface area contributed by atoms with Crippen LogP contribution in [0.15, 0.2) is 10.3 Å². The van der Waals surface area contributed by atoms with Crippen LogP contribution in [0.3, 0.4) is 0 Å². The van der Waals surface area contributed by atoms with Crippen LogP contribution < -0.4 is 10.6 Å². The van der Waals surface area contributed by atoms with Crippen LogP contribution in [0.25, 0.3) is 0 Å². The first-order chi connectivity index (χ1) is 7.69. The van der Waals surface area contributed by atoms with Gasteiger partial charge in [0.1, 0.15) is 12.1 Å². The minimum Gasteiger partial charge on any atom is -0.411 e. The van der Waals surface area contributed by atoms with Gasteiger partial charge in [0.15, 0.2) is 0 Å². The van der Waals surface area contributed by atoms with Gasteiger partial charge in [-0.05, 0) is 0 Å². The van der Waals surface area contributed by atoms with E-state index < -0.39 is 12.1 Å². The predicted molar refractivity (Wildman–Crippen MR) is 53.7 cm³/mol. The number of hydrogen-bond acceptors (Lipinski definition) is 6. The van der Waals surface area contributed by atoms with Gasteiger partial charge in [-0.1, -0.05) is 0 Å². The van der Waals surface area contributed by atoms with Crippen molar-refractivity contribution in [3.8, 4) is 0 Å². The van der Waals surface area contributed by atoms with Gasteiger partial charge in [-0.2, -0.15) is 0 Å². The Morgan fingerprint density at radius 2 is 1.38 bits per heavy atom. The van der Waals surface area contributed by atoms with Gasteiger partial charge < -0.3 is 21.0 Å². The average Bonchev–Trinajstić information content (AvgIpc) is 2.28. The van der Waals surface area contributed by atoms with Crippen molar-refractivity contribution >= 4 is 24.2 Å². The highest BCUT2D eigenvalue weighted by atomic mass is 16.4. The summed E-state index contributed by atoms with van der Waals surface area (Å²) in [7, 11) is 0. The molecule has 0 aromatic heterocycles. The average molecular weight is 228 g/mol. The minimum atomic E-state index is -0.731. The second-order valence-corrected chi connectivity index (χ2v) is 3.19. The van der Waals surface area contributed by atoms with Crippen molar-refractivity contribution < 1.29 is 20.0 Å². The maximum atomic E-state index is 11.4. The van der Waals surface area contributed by atoms with E-state index in [9.17, 15) is 9.59 Å². The van der Waals surface area contributed by atoms with Crippen LogP contribution in [0.1, 0.15) is 12.8 Å². The number of piperazine rings is 1. The Kier molecular flexibility index (Phi) is 4.25. The van der Waals surface area contributed by atoms with E-state index >= 15 is 0 Å². The topological polar surface area (TPSA) is 123 Å². The molecule has 16 heavy (non-hydrogen) atoms. The lowest BCUT2D eigenvalue weighted by atomic mass is 10.1. The molecule has 1 fully saturated rings. The highest BCUT2D eigenvalue weighted by Crippen LogP contribution is 2.02. The monoisotopic (exact) mass is 228 g/mol. The molecule has 8 nitrogen and oxygen atoms in total. The van der Waals surface area contributed by atoms with Gasteiger partial charge in [-0.3, -0.25) is 9.59 Å². The Morgan fingerprint density at radius 3 is 1.69 bits per heavy atom. The predicted octanol–water partition coefficient (Wildman–Crippen LogP) is -1.33. The first-order valence-electron chi connectivity index (χ1n) is 4.61. The van der Waals surface area contributed by atoms with E-state index in [4.69, 9.17) is 10.4 Å². The fraction of sp³-hybridized carbons (Fsp3) is 0.500. The first kappa shape index (κ1) is 12.0. The van der Waals surface area contributed by atoms with Crippen LogP contribution in [0.5, 0.6) is 0 Å². The molecular weight excluding hydrogens is 216 g/mol. The summed E-state index contributed by atoms with van der Waals surface area (Å²) in [6.07, 6.45) is 2.49. The van der Waals surface area contributed by atoms with Gasteiger partial charge in [0.25, 0.3) is 0 Å². The number of nitrogens with one attached hydrogen (secondary N) is 2. The molecule has 2 atom stereocenters. The van der Waals surface area contributed by atoms with Crippen LogP contribution >= 0.6 is 0 Å². The Morgan fingerprint density at radius 1 is 1.00 bits per heavy atom. The molecule has 0 aromatic rings. The van der Waals surface area contributed by atoms with Crippen molar-refractivity contribution in [3.63, 3.8) is 0 Å². The number of hydrogen-bond donors (Lipinski definition) is 4. The van der Waals surface area contributed by atoms with Gasteiger partial charge in [0.2, 0.25) is 11.8 Å². The lowest BCUT2D eigenvalue weighted by molar-refractivity contribution is -0.136. The SMILES string of the molecule is O=C1NC(C/C=N/O)C(=O)NC1C/C=N/O. The van der Waals surface area contributed by atoms with Crippen LogP contribution in [-0.2, 0) is 9.59 Å². The quantitative estimate of drug-likeness (QED) is 0.270. The van der Waals surface area contributed by atoms with Crippen molar-refractivity contribution in [1.82, 2.24) is 10.6 Å². The van der Waals surface area contributed by atoms with Gasteiger partial charge in [0, 0.05) is 25.3 Å². The lowest BCUT2D eigenvalue weighted by Gasteiger charge is -2.27. The zero-order valence-electron chi connectivity index (χ0n) is 8.33. The third-order valence-corrected chi connectivity index (χ3v) is 2.11. The van der Waals surface area contributed by atoms with E-state index in [2.05, 4.69) is 20.9 Å². The maximum Gasteiger partial charge on any atom is 0.243 e. The minimum absolute atomic E-state index is 0.120. The molecule has 1 saturated heterocycles. The molecule has 2 unspecified atom stereocenters. The van der Waals surface area contributed by atoms with Gasteiger partial charge in [-0.15, -0.1) is 10.3 Å². The summed E-state index contributed by atoms with van der Waals surface area (Å²) in [5.74, 6) is -0.730. The molecule has 0 spiro atoms. The summed E-state index contributed by atoms with van der Waals surface area (Å²) in [5, 5.41) is 26.8. The third kappa shape index (κ3) is 2.94. The summed E-state index contributed by atoms with van der Waals surface area (Å²) in [6, 6.07) is -1.46. The van der Waals surface area contributed by atoms with Gasteiger partial charge in [0.05, 0.1) is 0 Å². The van der Waals surface area contributed by atoms with Crippen LogP contribution in [0.4, 0.5) is 0 Å². The summed E-state index contributed by atoms with van der Waals surface area (Å²) >= 11 is 0. The summed E-state index contributed by atoms with van der Waals surface area (Å²) in [4.78, 5) is 22.9. The second-order valence-electron chi connectivity index (χ2n) is 3.19. The molecule has 4 N–H and O–H groups in total. The molecule has 1 aliphatic heterocycles. The summed E-state index contributed by atoms with van der Waals surface area (Å²) in [5.41, 5.74) is 0. The fourth-order valence-electron chi connectivity index (χ4n) is 1.31. The van der Waals surface area contributed by atoms with Crippen LogP contribution in [0, 0.1) is 0 Å². The number of amides is 2. The first-order valence-corrected chi connectivity index (χ1v) is 4.61. The number of nitrogens with zero attached hydrogens (tertiary/aromatic N) is 2. The van der Waals surface area contributed by atoms with E-state index in [0.29, 0.717) is 0 Å². The molecule has 1 aliphatic rings. The number of carbonyl (C=O) groups excluding carboxylic acids is 2. The Bertz CT molecular complexity index is 296. The Balaban J connectivity index is 2.56. The normalized spacial score (nSPS) is 26.0. The third-order valence-electron chi connectivity index (χ3n) is 2.11. The van der Waals surface area contributed by atoms with Gasteiger partial charge >= 0.3 is 0 Å². The van der Waals surface area contributed by atoms with Crippen molar-refractivity contribution in [1.29, 1.82) is 0 Å². The van der Waals surface area contributed by atoms with Crippen molar-refractivity contribution in [3.05, 3.63) is 0 Å². The van der Waals surface area contributed by atoms with E-state index in [-0.39, 0.29) is 24.7 Å². The molecule has 0 aromatic carbocycles. The molecule has 88 valence electrons. The Labute approximate surface area is 91.0 Å². The van der Waals surface area contributed by atoms with Crippen molar-refractivity contribution in [2.75, 3.05) is 0 Å². The van der Waals surface area contributed by atoms with Gasteiger partial charge in [-0.25, -0.2) is 0 Å². The lowest BCUT2D eigenvalue weighted by Crippen LogP contribution is -2.61. The van der Waals surface area contributed by atoms with Crippen LogP contribution in [0.2, 0.25) is 0 Å². The highest BCUT2D eigenvalue weighted by molar-refractivity contribution is 5.99. The summed E-state index contributed by atoms with van der Waals surface area (Å²) < 4.78 is 0. The molecule has 0 radical (unpaired) electrons. The smallest absolute Gasteiger partial charge is 0.243 e. The zero-order valence-corrected chi connectivity index (χ0v) is 8.33. The summed E-state index contributed by atoms with van der Waals surface area (Å²) in [6.45, 7) is 0. The van der Waals surface area contributed by atoms with E-state index in [1.165, 1.54) is 0 Å². The zero-order chi connectivity index (χ0) is 12.0. The molecule has 1 rings (SSSR count). The largest absolute Gasteiger partial charge is 0.411 e. The number of carbonyl (C=O) groups is 2. The van der Waals surface area contributed by atoms with E-state index in [1.807, 2.05) is 0 Å². The molecule has 8 heteroatoms. The number of oxime groups is 2. The highest BCUT2D eigenvalue weighted by Gasteiger charge is 2.32. The molecule has 0 saturated carbocycles. The van der Waals surface area contributed by atoms with E-state index in [0.717, 1.165) is 12.4 Å². The van der Waals surface area contributed by atoms with Crippen molar-refractivity contribution in [2.24, 2.45) is 10.3 Å². The second kappa shape index (κ2) is 5.69. The standard InChI is InChI=1S/C8H12N4O4/c13-7-5(1-3-9-15)11-8(14)6(12-7)2-4-10-16/h3-6,15-16H,1-2H2,(H,11,14)(H,12,13)/b9-3+,10-4+. The molecular formula is C8H12N4O4. The molecule has 0 bridgehead atoms. The molecule has 1 heterocycles. The number of rotatable bonds is 4. The fourth-order valence-corrected chi connectivity index (χ4v) is 1.31. The van der Waals surface area contributed by atoms with Crippen LogP contribution in [-0.4, -0.2) is 46.7 Å². The molecule has 2 amide bonds. The Hall–Kier alpha value is -2.12. The van der Waals surface area contributed by atoms with Crippen molar-refractivity contribution in [2.45, 2.75) is 24.9 Å². The van der Waals surface area contributed by atoms with E-state index in [1.54, 1.807) is 0 Å². The molecule has 0 aliphatic carbocycles. The maximum absolute atomic E-state index is 11.4.